The lowest BCUT2D eigenvalue weighted by atomic mass is 10.3. The smallest absolute Gasteiger partial charge is 0.317 e. The van der Waals surface area contributed by atoms with E-state index in [-0.39, 0.29) is 24.2 Å². The Morgan fingerprint density at radius 3 is 2.64 bits per heavy atom. The summed E-state index contributed by atoms with van der Waals surface area (Å²) in [6, 6.07) is 5.70. The third-order valence-electron chi connectivity index (χ3n) is 3.92. The van der Waals surface area contributed by atoms with E-state index in [4.69, 9.17) is 10.2 Å². The highest BCUT2D eigenvalue weighted by molar-refractivity contribution is 5.89. The summed E-state index contributed by atoms with van der Waals surface area (Å²) in [5.41, 5.74) is 5.11. The van der Waals surface area contributed by atoms with Crippen molar-refractivity contribution in [1.82, 2.24) is 15.2 Å². The summed E-state index contributed by atoms with van der Waals surface area (Å²) in [5, 5.41) is 2.72. The van der Waals surface area contributed by atoms with E-state index in [1.807, 2.05) is 4.90 Å². The molecule has 3 N–H and O–H groups in total. The third kappa shape index (κ3) is 3.87. The highest BCUT2D eigenvalue weighted by atomic mass is 19.1. The van der Waals surface area contributed by atoms with E-state index in [9.17, 15) is 14.0 Å². The number of carbonyl (C=O) groups is 2. The number of aromatic nitrogens is 1. The summed E-state index contributed by atoms with van der Waals surface area (Å²) in [6.45, 7) is 2.04. The number of urea groups is 1. The van der Waals surface area contributed by atoms with Gasteiger partial charge in [0.25, 0.3) is 5.91 Å². The zero-order valence-electron chi connectivity index (χ0n) is 13.4. The van der Waals surface area contributed by atoms with Gasteiger partial charge in [-0.1, -0.05) is 0 Å². The molecule has 2 aromatic heterocycles. The number of pyridine rings is 1. The predicted octanol–water partition coefficient (Wildman–Crippen LogP) is 0.944. The molecule has 25 heavy (non-hydrogen) atoms. The molecule has 0 aliphatic carbocycles. The number of piperazine rings is 1. The van der Waals surface area contributed by atoms with Crippen LogP contribution in [0.1, 0.15) is 16.3 Å². The SMILES string of the molecule is NC(=O)c1ccc(CNC(=O)N2CCN(c3ncccc3F)CC2)o1. The topological polar surface area (TPSA) is 105 Å². The molecule has 0 atom stereocenters. The van der Waals surface area contributed by atoms with Crippen LogP contribution in [0.5, 0.6) is 0 Å². The van der Waals surface area contributed by atoms with E-state index in [1.165, 1.54) is 12.1 Å². The molecule has 1 fully saturated rings. The summed E-state index contributed by atoms with van der Waals surface area (Å²) in [6.07, 6.45) is 1.54. The number of hydrogen-bond donors (Lipinski definition) is 2. The zero-order chi connectivity index (χ0) is 17.8. The monoisotopic (exact) mass is 347 g/mol. The fraction of sp³-hybridized carbons (Fsp3) is 0.312. The minimum atomic E-state index is -0.657. The Labute approximate surface area is 143 Å². The van der Waals surface area contributed by atoms with Gasteiger partial charge in [-0.05, 0) is 24.3 Å². The van der Waals surface area contributed by atoms with Crippen LogP contribution >= 0.6 is 0 Å². The van der Waals surface area contributed by atoms with Crippen molar-refractivity contribution in [1.29, 1.82) is 0 Å². The van der Waals surface area contributed by atoms with Crippen molar-refractivity contribution in [3.63, 3.8) is 0 Å². The van der Waals surface area contributed by atoms with Crippen LogP contribution in [0.15, 0.2) is 34.9 Å². The molecule has 132 valence electrons. The van der Waals surface area contributed by atoms with Crippen molar-refractivity contribution in [2.45, 2.75) is 6.54 Å². The molecule has 0 radical (unpaired) electrons. The van der Waals surface area contributed by atoms with Gasteiger partial charge in [0.05, 0.1) is 6.54 Å². The predicted molar refractivity (Wildman–Crippen MR) is 87.4 cm³/mol. The molecule has 8 nitrogen and oxygen atoms in total. The Morgan fingerprint density at radius 1 is 1.24 bits per heavy atom. The molecule has 0 unspecified atom stereocenters. The number of halogens is 1. The fourth-order valence-electron chi connectivity index (χ4n) is 2.61. The fourth-order valence-corrected chi connectivity index (χ4v) is 2.61. The van der Waals surface area contributed by atoms with Crippen molar-refractivity contribution in [3.8, 4) is 0 Å². The molecule has 1 aliphatic rings. The van der Waals surface area contributed by atoms with Gasteiger partial charge in [-0.2, -0.15) is 0 Å². The van der Waals surface area contributed by atoms with Gasteiger partial charge in [-0.25, -0.2) is 14.2 Å². The van der Waals surface area contributed by atoms with Gasteiger partial charge in [0.15, 0.2) is 17.4 Å². The average Bonchev–Trinajstić information content (AvgIpc) is 3.10. The van der Waals surface area contributed by atoms with Crippen LogP contribution in [0.2, 0.25) is 0 Å². The lowest BCUT2D eigenvalue weighted by Crippen LogP contribution is -2.52. The number of nitrogens with one attached hydrogen (secondary N) is 1. The van der Waals surface area contributed by atoms with Gasteiger partial charge in [0.1, 0.15) is 5.76 Å². The molecule has 1 saturated heterocycles. The van der Waals surface area contributed by atoms with E-state index < -0.39 is 5.91 Å². The van der Waals surface area contributed by atoms with E-state index in [2.05, 4.69) is 10.3 Å². The van der Waals surface area contributed by atoms with Crippen LogP contribution in [0.4, 0.5) is 15.0 Å². The second-order valence-corrected chi connectivity index (χ2v) is 5.57. The van der Waals surface area contributed by atoms with E-state index in [0.717, 1.165) is 0 Å². The molecule has 0 bridgehead atoms. The minimum Gasteiger partial charge on any atom is -0.454 e. The Hall–Kier alpha value is -3.10. The number of anilines is 1. The molecule has 0 saturated carbocycles. The first-order valence-corrected chi connectivity index (χ1v) is 7.81. The standard InChI is InChI=1S/C16H18FN5O3/c17-12-2-1-5-19-15(12)21-6-8-22(9-7-21)16(24)20-10-11-3-4-13(25-11)14(18)23/h1-5H,6-10H2,(H2,18,23)(H,20,24). The quantitative estimate of drug-likeness (QED) is 0.857. The molecule has 3 amide bonds. The zero-order valence-corrected chi connectivity index (χ0v) is 13.4. The summed E-state index contributed by atoms with van der Waals surface area (Å²) >= 11 is 0. The maximum absolute atomic E-state index is 13.8. The Bertz CT molecular complexity index is 771. The first-order chi connectivity index (χ1) is 12.0. The van der Waals surface area contributed by atoms with Gasteiger partial charge in [-0.3, -0.25) is 4.79 Å². The second kappa shape index (κ2) is 7.20. The number of nitrogens with two attached hydrogens (primary N) is 1. The van der Waals surface area contributed by atoms with Crippen LogP contribution in [0, 0.1) is 5.82 Å². The maximum atomic E-state index is 13.8. The van der Waals surface area contributed by atoms with Gasteiger partial charge < -0.3 is 25.3 Å². The lowest BCUT2D eigenvalue weighted by Gasteiger charge is -2.35. The van der Waals surface area contributed by atoms with Crippen LogP contribution in [0.3, 0.4) is 0 Å². The van der Waals surface area contributed by atoms with Crippen molar-refractivity contribution in [2.75, 3.05) is 31.1 Å². The van der Waals surface area contributed by atoms with Gasteiger partial charge in [-0.15, -0.1) is 0 Å². The molecule has 9 heteroatoms. The number of rotatable bonds is 4. The minimum absolute atomic E-state index is 0.0512. The lowest BCUT2D eigenvalue weighted by molar-refractivity contribution is 0.0972. The molecular weight excluding hydrogens is 329 g/mol. The van der Waals surface area contributed by atoms with Crippen LogP contribution < -0.4 is 16.0 Å². The molecule has 2 aromatic rings. The van der Waals surface area contributed by atoms with E-state index >= 15 is 0 Å². The summed E-state index contributed by atoms with van der Waals surface area (Å²) < 4.78 is 19.0. The largest absolute Gasteiger partial charge is 0.454 e. The number of hydrogen-bond acceptors (Lipinski definition) is 5. The third-order valence-corrected chi connectivity index (χ3v) is 3.92. The molecule has 1 aliphatic heterocycles. The highest BCUT2D eigenvalue weighted by Gasteiger charge is 2.23. The van der Waals surface area contributed by atoms with Crippen molar-refractivity contribution < 1.29 is 18.4 Å². The first kappa shape index (κ1) is 16.7. The average molecular weight is 347 g/mol. The molecule has 0 spiro atoms. The first-order valence-electron chi connectivity index (χ1n) is 7.81. The summed E-state index contributed by atoms with van der Waals surface area (Å²) in [5.74, 6) is -0.234. The van der Waals surface area contributed by atoms with Crippen molar-refractivity contribution in [2.24, 2.45) is 5.73 Å². The number of furan rings is 1. The number of carbonyl (C=O) groups excluding carboxylic acids is 2. The number of amides is 3. The Balaban J connectivity index is 1.49. The number of primary amides is 1. The summed E-state index contributed by atoms with van der Waals surface area (Å²) in [7, 11) is 0. The van der Waals surface area contributed by atoms with Crippen LogP contribution in [-0.4, -0.2) is 48.0 Å². The molecule has 0 aromatic carbocycles. The van der Waals surface area contributed by atoms with Crippen LogP contribution in [0.25, 0.3) is 0 Å². The normalized spacial score (nSPS) is 14.4. The van der Waals surface area contributed by atoms with Gasteiger partial charge in [0, 0.05) is 32.4 Å². The van der Waals surface area contributed by atoms with Crippen LogP contribution in [-0.2, 0) is 6.54 Å². The number of nitrogens with zero attached hydrogens (tertiary/aromatic N) is 3. The van der Waals surface area contributed by atoms with Crippen molar-refractivity contribution in [3.05, 3.63) is 47.8 Å². The van der Waals surface area contributed by atoms with E-state index in [1.54, 1.807) is 23.2 Å². The Morgan fingerprint density at radius 2 is 2.00 bits per heavy atom. The second-order valence-electron chi connectivity index (χ2n) is 5.57. The Kier molecular flexibility index (Phi) is 4.82. The maximum Gasteiger partial charge on any atom is 0.317 e. The van der Waals surface area contributed by atoms with Crippen molar-refractivity contribution >= 4 is 17.8 Å². The molecular formula is C16H18FN5O3. The van der Waals surface area contributed by atoms with Gasteiger partial charge >= 0.3 is 6.03 Å². The van der Waals surface area contributed by atoms with Gasteiger partial charge in [0.2, 0.25) is 0 Å². The highest BCUT2D eigenvalue weighted by Crippen LogP contribution is 2.17. The van der Waals surface area contributed by atoms with E-state index in [0.29, 0.717) is 37.8 Å². The molecule has 3 heterocycles. The molecule has 3 rings (SSSR count). The summed E-state index contributed by atoms with van der Waals surface area (Å²) in [4.78, 5) is 30.7.